The first-order chi connectivity index (χ1) is 10.9. The van der Waals surface area contributed by atoms with Gasteiger partial charge in [-0.25, -0.2) is 13.8 Å². The fourth-order valence-electron chi connectivity index (χ4n) is 3.77. The molecular weight excluding hydrogens is 322 g/mol. The van der Waals surface area contributed by atoms with Crippen LogP contribution < -0.4 is 5.56 Å². The van der Waals surface area contributed by atoms with Gasteiger partial charge in [0, 0.05) is 34.5 Å². The highest BCUT2D eigenvalue weighted by Crippen LogP contribution is 2.67. The highest BCUT2D eigenvalue weighted by Gasteiger charge is 2.71. The lowest BCUT2D eigenvalue weighted by atomic mass is 10.0. The van der Waals surface area contributed by atoms with Crippen molar-refractivity contribution < 1.29 is 8.78 Å². The molecule has 1 aromatic carbocycles. The van der Waals surface area contributed by atoms with Crippen molar-refractivity contribution in [1.82, 2.24) is 9.55 Å². The third-order valence-electron chi connectivity index (χ3n) is 4.96. The van der Waals surface area contributed by atoms with Gasteiger partial charge in [-0.3, -0.25) is 9.36 Å². The molecule has 0 amide bonds. The van der Waals surface area contributed by atoms with Crippen LogP contribution in [0.1, 0.15) is 30.3 Å². The van der Waals surface area contributed by atoms with E-state index in [0.29, 0.717) is 35.1 Å². The Balaban J connectivity index is 1.78. The largest absolute Gasteiger partial charge is 0.269 e. The molecule has 2 fully saturated rings. The van der Waals surface area contributed by atoms with Crippen LogP contribution in [0.2, 0.25) is 5.02 Å². The highest BCUT2D eigenvalue weighted by atomic mass is 35.5. The van der Waals surface area contributed by atoms with Crippen LogP contribution in [0.4, 0.5) is 8.78 Å². The molecule has 0 spiro atoms. The zero-order valence-corrected chi connectivity index (χ0v) is 13.2. The number of rotatable bonds is 2. The van der Waals surface area contributed by atoms with Gasteiger partial charge in [-0.15, -0.1) is 0 Å². The molecule has 120 valence electrons. The van der Waals surface area contributed by atoms with Crippen molar-refractivity contribution in [2.75, 3.05) is 0 Å². The number of aromatic nitrogens is 2. The molecule has 2 saturated carbocycles. The Morgan fingerprint density at radius 1 is 1.22 bits per heavy atom. The molecule has 4 rings (SSSR count). The summed E-state index contributed by atoms with van der Waals surface area (Å²) in [7, 11) is 0. The van der Waals surface area contributed by atoms with Crippen LogP contribution >= 0.6 is 11.6 Å². The Labute approximate surface area is 136 Å². The molecule has 6 heteroatoms. The summed E-state index contributed by atoms with van der Waals surface area (Å²) in [5, 5.41) is 0.574. The molecule has 2 aromatic rings. The van der Waals surface area contributed by atoms with Crippen LogP contribution in [0.25, 0.3) is 5.69 Å². The van der Waals surface area contributed by atoms with Crippen LogP contribution in [0.15, 0.2) is 35.1 Å². The quantitative estimate of drug-likeness (QED) is 0.832. The van der Waals surface area contributed by atoms with Crippen LogP contribution in [0.5, 0.6) is 0 Å². The van der Waals surface area contributed by atoms with Gasteiger partial charge in [0.05, 0.1) is 5.69 Å². The number of hydrogen-bond acceptors (Lipinski definition) is 2. The maximum absolute atomic E-state index is 13.5. The zero-order valence-electron chi connectivity index (χ0n) is 12.5. The number of benzene rings is 1. The average Bonchev–Trinajstić information content (AvgIpc) is 2.87. The highest BCUT2D eigenvalue weighted by molar-refractivity contribution is 6.30. The van der Waals surface area contributed by atoms with Gasteiger partial charge in [-0.1, -0.05) is 11.6 Å². The smallest absolute Gasteiger partial charge is 0.258 e. The van der Waals surface area contributed by atoms with Crippen molar-refractivity contribution in [2.24, 2.45) is 11.8 Å². The Kier molecular flexibility index (Phi) is 3.14. The standard InChI is InChI=1S/C17H15ClF2N2O/c1-9-6-15(23)22(12-4-2-11(18)3-5-12)16(21-9)10-7-13-14(8-10)17(13,19)20/h2-6,10,13-14H,7-8H2,1H3/t10?,13-,14+. The summed E-state index contributed by atoms with van der Waals surface area (Å²) < 4.78 is 28.4. The first kappa shape index (κ1) is 14.8. The molecule has 3 nitrogen and oxygen atoms in total. The summed E-state index contributed by atoms with van der Waals surface area (Å²) in [6, 6.07) is 8.35. The van der Waals surface area contributed by atoms with Crippen LogP contribution in [-0.2, 0) is 0 Å². The van der Waals surface area contributed by atoms with Gasteiger partial charge in [0.2, 0.25) is 0 Å². The monoisotopic (exact) mass is 336 g/mol. The van der Waals surface area contributed by atoms with E-state index in [1.165, 1.54) is 10.6 Å². The second kappa shape index (κ2) is 4.87. The van der Waals surface area contributed by atoms with Gasteiger partial charge in [-0.2, -0.15) is 0 Å². The summed E-state index contributed by atoms with van der Waals surface area (Å²) >= 11 is 5.90. The molecule has 3 atom stereocenters. The minimum atomic E-state index is -2.52. The number of fused-ring (bicyclic) bond motifs is 1. The molecule has 2 aliphatic rings. The van der Waals surface area contributed by atoms with Gasteiger partial charge in [0.1, 0.15) is 5.82 Å². The predicted octanol–water partition coefficient (Wildman–Crippen LogP) is 3.95. The first-order valence-corrected chi connectivity index (χ1v) is 8.00. The van der Waals surface area contributed by atoms with Gasteiger partial charge < -0.3 is 0 Å². The normalized spacial score (nSPS) is 27.7. The Morgan fingerprint density at radius 3 is 2.43 bits per heavy atom. The van der Waals surface area contributed by atoms with Gasteiger partial charge >= 0.3 is 0 Å². The van der Waals surface area contributed by atoms with E-state index in [-0.39, 0.29) is 11.5 Å². The fourth-order valence-corrected chi connectivity index (χ4v) is 3.89. The minimum absolute atomic E-state index is 0.104. The first-order valence-electron chi connectivity index (χ1n) is 7.62. The van der Waals surface area contributed by atoms with E-state index >= 15 is 0 Å². The molecule has 23 heavy (non-hydrogen) atoms. The lowest BCUT2D eigenvalue weighted by Crippen LogP contribution is -2.26. The summed E-state index contributed by atoms with van der Waals surface area (Å²) in [5.74, 6) is -3.15. The van der Waals surface area contributed by atoms with Gasteiger partial charge in [0.15, 0.2) is 0 Å². The lowest BCUT2D eigenvalue weighted by molar-refractivity contribution is 0.0689. The molecule has 0 N–H and O–H groups in total. The van der Waals surface area contributed by atoms with E-state index in [2.05, 4.69) is 4.98 Å². The van der Waals surface area contributed by atoms with Crippen molar-refractivity contribution in [3.05, 3.63) is 57.2 Å². The number of aryl methyl sites for hydroxylation is 1. The molecule has 0 aliphatic heterocycles. The third kappa shape index (κ3) is 2.29. The Bertz CT molecular complexity index is 817. The van der Waals surface area contributed by atoms with Crippen molar-refractivity contribution >= 4 is 11.6 Å². The molecular formula is C17H15ClF2N2O. The van der Waals surface area contributed by atoms with Crippen LogP contribution in [0.3, 0.4) is 0 Å². The summed E-state index contributed by atoms with van der Waals surface area (Å²) in [6.45, 7) is 1.75. The molecule has 1 unspecified atom stereocenters. The van der Waals surface area contributed by atoms with Crippen molar-refractivity contribution in [2.45, 2.75) is 31.6 Å². The summed E-state index contributed by atoms with van der Waals surface area (Å²) in [6.07, 6.45) is 0.780. The van der Waals surface area contributed by atoms with Gasteiger partial charge in [0.25, 0.3) is 11.5 Å². The average molecular weight is 337 g/mol. The number of alkyl halides is 2. The van der Waals surface area contributed by atoms with E-state index in [4.69, 9.17) is 11.6 Å². The van der Waals surface area contributed by atoms with Crippen molar-refractivity contribution in [1.29, 1.82) is 0 Å². The molecule has 1 aromatic heterocycles. The van der Waals surface area contributed by atoms with Crippen LogP contribution in [-0.4, -0.2) is 15.5 Å². The number of hydrogen-bond donors (Lipinski definition) is 0. The molecule has 0 saturated heterocycles. The van der Waals surface area contributed by atoms with Crippen molar-refractivity contribution in [3.63, 3.8) is 0 Å². The van der Waals surface area contributed by atoms with Crippen molar-refractivity contribution in [3.8, 4) is 5.69 Å². The molecule has 2 aliphatic carbocycles. The molecule has 1 heterocycles. The topological polar surface area (TPSA) is 34.9 Å². The van der Waals surface area contributed by atoms with E-state index in [9.17, 15) is 13.6 Å². The number of halogens is 3. The number of nitrogens with zero attached hydrogens (tertiary/aromatic N) is 2. The molecule has 0 radical (unpaired) electrons. The van der Waals surface area contributed by atoms with Crippen LogP contribution in [0, 0.1) is 18.8 Å². The lowest BCUT2D eigenvalue weighted by Gasteiger charge is -2.19. The van der Waals surface area contributed by atoms with E-state index in [1.54, 1.807) is 31.2 Å². The third-order valence-corrected chi connectivity index (χ3v) is 5.22. The minimum Gasteiger partial charge on any atom is -0.269 e. The second-order valence-corrected chi connectivity index (χ2v) is 6.90. The Hall–Kier alpha value is -1.75. The predicted molar refractivity (Wildman–Crippen MR) is 83.5 cm³/mol. The molecule has 0 bridgehead atoms. The van der Waals surface area contributed by atoms with E-state index in [0.717, 1.165) is 0 Å². The van der Waals surface area contributed by atoms with Gasteiger partial charge in [-0.05, 0) is 44.0 Å². The SMILES string of the molecule is Cc1cc(=O)n(-c2ccc(Cl)cc2)c(C2C[C@@H]3[C@H](C2)C3(F)F)n1. The summed E-state index contributed by atoms with van der Waals surface area (Å²) in [5.41, 5.74) is 1.08. The maximum Gasteiger partial charge on any atom is 0.258 e. The fraction of sp³-hybridized carbons (Fsp3) is 0.412. The zero-order chi connectivity index (χ0) is 16.4. The van der Waals surface area contributed by atoms with E-state index < -0.39 is 17.8 Å². The Morgan fingerprint density at radius 2 is 1.83 bits per heavy atom. The second-order valence-electron chi connectivity index (χ2n) is 6.46. The summed E-state index contributed by atoms with van der Waals surface area (Å²) in [4.78, 5) is 17.0. The maximum atomic E-state index is 13.5. The van der Waals surface area contributed by atoms with E-state index in [1.807, 2.05) is 0 Å².